The first kappa shape index (κ1) is 19.3. The molecule has 0 unspecified atom stereocenters. The van der Waals surface area contributed by atoms with Gasteiger partial charge in [0.05, 0.1) is 0 Å². The first-order chi connectivity index (χ1) is 14.4. The van der Waals surface area contributed by atoms with Crippen LogP contribution < -0.4 is 10.9 Å². The molecule has 0 aliphatic heterocycles. The van der Waals surface area contributed by atoms with Crippen molar-refractivity contribution < 1.29 is 18.7 Å². The fourth-order valence-electron chi connectivity index (χ4n) is 6.39. The standard InChI is InChI=1S/C24H27NO5/c1-14-2-3-19-18(8-21(26)30-20(19)4-14)13-29-22(27)12-25-23(28)24-9-15-5-16(10-24)7-17(6-15)11-24/h2-4,8,15-17H,5-7,9-13H2,1H3,(H,25,28). The number of hydrogen-bond acceptors (Lipinski definition) is 5. The highest BCUT2D eigenvalue weighted by atomic mass is 16.5. The zero-order chi connectivity index (χ0) is 20.9. The Hall–Kier alpha value is -2.63. The fourth-order valence-corrected chi connectivity index (χ4v) is 6.39. The lowest BCUT2D eigenvalue weighted by Gasteiger charge is -2.55. The van der Waals surface area contributed by atoms with E-state index in [1.165, 1.54) is 25.3 Å². The van der Waals surface area contributed by atoms with E-state index in [-0.39, 0.29) is 24.5 Å². The average Bonchev–Trinajstić information content (AvgIpc) is 2.68. The van der Waals surface area contributed by atoms with Gasteiger partial charge in [-0.25, -0.2) is 4.79 Å². The third-order valence-corrected chi connectivity index (χ3v) is 7.29. The first-order valence-electron chi connectivity index (χ1n) is 10.9. The topological polar surface area (TPSA) is 85.6 Å². The Morgan fingerprint density at radius 2 is 1.77 bits per heavy atom. The average molecular weight is 409 g/mol. The minimum absolute atomic E-state index is 0.0137. The minimum atomic E-state index is -0.499. The van der Waals surface area contributed by atoms with Gasteiger partial charge in [0.15, 0.2) is 0 Å². The molecule has 4 aliphatic carbocycles. The van der Waals surface area contributed by atoms with Crippen LogP contribution in [0.1, 0.15) is 49.7 Å². The van der Waals surface area contributed by atoms with Gasteiger partial charge in [-0.1, -0.05) is 12.1 Å². The number of carbonyl (C=O) groups is 2. The number of fused-ring (bicyclic) bond motifs is 1. The number of nitrogens with one attached hydrogen (secondary N) is 1. The summed E-state index contributed by atoms with van der Waals surface area (Å²) < 4.78 is 10.6. The smallest absolute Gasteiger partial charge is 0.336 e. The predicted molar refractivity (Wildman–Crippen MR) is 111 cm³/mol. The van der Waals surface area contributed by atoms with Crippen molar-refractivity contribution in [3.05, 3.63) is 45.8 Å². The molecule has 158 valence electrons. The Kier molecular flexibility index (Phi) is 4.68. The van der Waals surface area contributed by atoms with E-state index < -0.39 is 11.6 Å². The number of ether oxygens (including phenoxy) is 1. The lowest BCUT2D eigenvalue weighted by molar-refractivity contribution is -0.151. The van der Waals surface area contributed by atoms with Crippen LogP contribution in [0.2, 0.25) is 0 Å². The van der Waals surface area contributed by atoms with Crippen molar-refractivity contribution in [2.24, 2.45) is 23.2 Å². The van der Waals surface area contributed by atoms with Gasteiger partial charge in [-0.05, 0) is 74.8 Å². The highest BCUT2D eigenvalue weighted by Gasteiger charge is 2.54. The van der Waals surface area contributed by atoms with Gasteiger partial charge in [-0.2, -0.15) is 0 Å². The van der Waals surface area contributed by atoms with Crippen molar-refractivity contribution in [1.82, 2.24) is 5.32 Å². The Labute approximate surface area is 175 Å². The summed E-state index contributed by atoms with van der Waals surface area (Å²) >= 11 is 0. The summed E-state index contributed by atoms with van der Waals surface area (Å²) in [6.07, 6.45) is 6.70. The molecule has 0 spiro atoms. The molecule has 0 atom stereocenters. The van der Waals surface area contributed by atoms with E-state index in [2.05, 4.69) is 5.32 Å². The fraction of sp³-hybridized carbons (Fsp3) is 0.542. The highest BCUT2D eigenvalue weighted by Crippen LogP contribution is 2.60. The number of esters is 1. The van der Waals surface area contributed by atoms with Gasteiger partial charge in [-0.15, -0.1) is 0 Å². The molecular formula is C24H27NO5. The van der Waals surface area contributed by atoms with E-state index in [0.717, 1.165) is 30.2 Å². The summed E-state index contributed by atoms with van der Waals surface area (Å²) in [7, 11) is 0. The number of aryl methyl sites for hydroxylation is 1. The van der Waals surface area contributed by atoms with Crippen molar-refractivity contribution in [2.75, 3.05) is 6.54 Å². The molecule has 4 saturated carbocycles. The molecule has 1 N–H and O–H groups in total. The van der Waals surface area contributed by atoms with Crippen LogP contribution in [-0.2, 0) is 20.9 Å². The van der Waals surface area contributed by atoms with Crippen LogP contribution in [0.4, 0.5) is 0 Å². The molecule has 1 aromatic carbocycles. The van der Waals surface area contributed by atoms with E-state index in [9.17, 15) is 14.4 Å². The molecule has 1 heterocycles. The van der Waals surface area contributed by atoms with Crippen LogP contribution in [0, 0.1) is 30.1 Å². The van der Waals surface area contributed by atoms with E-state index in [1.807, 2.05) is 19.1 Å². The van der Waals surface area contributed by atoms with Crippen molar-refractivity contribution >= 4 is 22.8 Å². The maximum atomic E-state index is 13.0. The van der Waals surface area contributed by atoms with Gasteiger partial charge in [-0.3, -0.25) is 9.59 Å². The molecular weight excluding hydrogens is 382 g/mol. The number of benzene rings is 1. The molecule has 4 fully saturated rings. The first-order valence-corrected chi connectivity index (χ1v) is 10.9. The number of carbonyl (C=O) groups excluding carboxylic acids is 2. The van der Waals surface area contributed by atoms with Crippen molar-refractivity contribution in [3.8, 4) is 0 Å². The zero-order valence-electron chi connectivity index (χ0n) is 17.2. The van der Waals surface area contributed by atoms with Crippen LogP contribution in [0.5, 0.6) is 0 Å². The summed E-state index contributed by atoms with van der Waals surface area (Å²) in [5, 5.41) is 3.58. The second-order valence-corrected chi connectivity index (χ2v) is 9.63. The highest BCUT2D eigenvalue weighted by molar-refractivity contribution is 5.87. The molecule has 1 aromatic heterocycles. The Balaban J connectivity index is 1.20. The predicted octanol–water partition coefficient (Wildman–Crippen LogP) is 3.48. The minimum Gasteiger partial charge on any atom is -0.459 e. The largest absolute Gasteiger partial charge is 0.459 e. The number of amides is 1. The molecule has 0 saturated heterocycles. The van der Waals surface area contributed by atoms with E-state index in [4.69, 9.17) is 9.15 Å². The van der Waals surface area contributed by atoms with E-state index in [1.54, 1.807) is 6.07 Å². The summed E-state index contributed by atoms with van der Waals surface area (Å²) in [5.74, 6) is 1.54. The lowest BCUT2D eigenvalue weighted by atomic mass is 9.49. The van der Waals surface area contributed by atoms with Crippen LogP contribution in [-0.4, -0.2) is 18.4 Å². The van der Waals surface area contributed by atoms with E-state index >= 15 is 0 Å². The third kappa shape index (κ3) is 3.53. The Morgan fingerprint density at radius 3 is 2.43 bits per heavy atom. The summed E-state index contributed by atoms with van der Waals surface area (Å²) in [6.45, 7) is 1.74. The molecule has 6 rings (SSSR count). The van der Waals surface area contributed by atoms with Crippen molar-refractivity contribution in [2.45, 2.75) is 52.1 Å². The Morgan fingerprint density at radius 1 is 1.10 bits per heavy atom. The summed E-state index contributed by atoms with van der Waals surface area (Å²) in [4.78, 5) is 37.1. The van der Waals surface area contributed by atoms with Crippen LogP contribution in [0.15, 0.2) is 33.5 Å². The van der Waals surface area contributed by atoms with Gasteiger partial charge < -0.3 is 14.5 Å². The zero-order valence-corrected chi connectivity index (χ0v) is 17.2. The number of rotatable bonds is 5. The van der Waals surface area contributed by atoms with E-state index in [0.29, 0.717) is 28.9 Å². The van der Waals surface area contributed by atoms with Crippen LogP contribution in [0.3, 0.4) is 0 Å². The normalized spacial score (nSPS) is 29.2. The van der Waals surface area contributed by atoms with Crippen LogP contribution in [0.25, 0.3) is 11.0 Å². The van der Waals surface area contributed by atoms with Gasteiger partial charge in [0.2, 0.25) is 5.91 Å². The van der Waals surface area contributed by atoms with Gasteiger partial charge in [0.1, 0.15) is 18.7 Å². The molecule has 2 aromatic rings. The molecule has 0 radical (unpaired) electrons. The molecule has 6 nitrogen and oxygen atoms in total. The molecule has 4 aliphatic rings. The quantitative estimate of drug-likeness (QED) is 0.604. The second-order valence-electron chi connectivity index (χ2n) is 9.63. The SMILES string of the molecule is Cc1ccc2c(COC(=O)CNC(=O)C34CC5CC(CC(C5)C3)C4)cc(=O)oc2c1. The molecule has 4 bridgehead atoms. The maximum Gasteiger partial charge on any atom is 0.336 e. The maximum absolute atomic E-state index is 13.0. The van der Waals surface area contributed by atoms with Crippen molar-refractivity contribution in [3.63, 3.8) is 0 Å². The van der Waals surface area contributed by atoms with Gasteiger partial charge >= 0.3 is 11.6 Å². The van der Waals surface area contributed by atoms with Crippen LogP contribution >= 0.6 is 0 Å². The molecule has 30 heavy (non-hydrogen) atoms. The molecule has 6 heteroatoms. The third-order valence-electron chi connectivity index (χ3n) is 7.29. The Bertz CT molecular complexity index is 1030. The summed E-state index contributed by atoms with van der Waals surface area (Å²) in [5.41, 5.74) is 1.30. The summed E-state index contributed by atoms with van der Waals surface area (Å²) in [6, 6.07) is 6.90. The number of hydrogen-bond donors (Lipinski definition) is 1. The lowest BCUT2D eigenvalue weighted by Crippen LogP contribution is -2.54. The second kappa shape index (κ2) is 7.25. The molecule has 1 amide bonds. The van der Waals surface area contributed by atoms with Gasteiger partial charge in [0.25, 0.3) is 0 Å². The van der Waals surface area contributed by atoms with Crippen molar-refractivity contribution in [1.29, 1.82) is 0 Å². The monoisotopic (exact) mass is 409 g/mol. The van der Waals surface area contributed by atoms with Gasteiger partial charge in [0, 0.05) is 22.4 Å².